The van der Waals surface area contributed by atoms with Crippen LogP contribution >= 0.6 is 24.4 Å². The van der Waals surface area contributed by atoms with Gasteiger partial charge in [-0.25, -0.2) is 0 Å². The Bertz CT molecular complexity index is 2260. The number of carbonyl (C=O) groups excluding carboxylic acids is 9. The quantitative estimate of drug-likeness (QED) is 0.126. The van der Waals surface area contributed by atoms with Crippen LogP contribution in [0.15, 0.2) is 23.2 Å². The summed E-state index contributed by atoms with van der Waals surface area (Å²) in [5, 5.41) is 42.6. The van der Waals surface area contributed by atoms with Crippen LogP contribution in [0.5, 0.6) is 0 Å². The number of fused-ring (bicyclic) bond motifs is 5. The maximum atomic E-state index is 14.5. The molecule has 3 aliphatic heterocycles. The molecule has 1 saturated heterocycles. The molecule has 9 atom stereocenters. The number of hydrogen-bond acceptors (Lipinski definition) is 13. The number of amides is 9. The lowest BCUT2D eigenvalue weighted by atomic mass is 9.90. The lowest BCUT2D eigenvalue weighted by Crippen LogP contribution is -2.60. The average molecular weight is 987 g/mol. The number of aromatic nitrogens is 1. The van der Waals surface area contributed by atoms with Gasteiger partial charge in [0.25, 0.3) is 0 Å². The Morgan fingerprint density at radius 1 is 0.853 bits per heavy atom. The fourth-order valence-electron chi connectivity index (χ4n) is 8.18. The number of aromatic amines is 1. The fourth-order valence-corrected chi connectivity index (χ4v) is 9.45. The zero-order valence-electron chi connectivity index (χ0n) is 38.4. The number of hydrogen-bond donors (Lipinski definition) is 12. The maximum absolute atomic E-state index is 14.5. The second-order valence-electron chi connectivity index (χ2n) is 17.4. The number of anilines is 1. The molecule has 3 aliphatic rings. The van der Waals surface area contributed by atoms with Crippen molar-refractivity contribution in [2.45, 2.75) is 114 Å². The molecule has 0 saturated carbocycles. The number of nitrogens with zero attached hydrogens (tertiary/aromatic N) is 1. The Morgan fingerprint density at radius 3 is 2.25 bits per heavy atom. The molecular weight excluding hydrogens is 925 g/mol. The molecule has 1 unspecified atom stereocenters. The summed E-state index contributed by atoms with van der Waals surface area (Å²) in [6.45, 7) is 5.28. The van der Waals surface area contributed by atoms with Crippen molar-refractivity contribution in [2.24, 2.45) is 17.8 Å². The number of thiol groups is 1. The summed E-state index contributed by atoms with van der Waals surface area (Å²) >= 11 is 5.18. The summed E-state index contributed by atoms with van der Waals surface area (Å²) in [5.41, 5.74) is 1.28. The first-order valence-corrected chi connectivity index (χ1v) is 24.4. The summed E-state index contributed by atoms with van der Waals surface area (Å²) in [6.07, 6.45) is -1.20. The van der Waals surface area contributed by atoms with Crippen LogP contribution < -0.4 is 42.5 Å². The van der Waals surface area contributed by atoms with Crippen LogP contribution in [0.3, 0.4) is 0 Å². The van der Waals surface area contributed by atoms with Gasteiger partial charge in [-0.1, -0.05) is 40.5 Å². The third kappa shape index (κ3) is 13.9. The number of benzene rings is 1. The molecule has 1 aromatic carbocycles. The number of nitrogens with one attached hydrogen (secondary N) is 9. The number of H-pyrrole nitrogens is 1. The Labute approximate surface area is 402 Å². The molecule has 5 rings (SSSR count). The van der Waals surface area contributed by atoms with Gasteiger partial charge in [-0.2, -0.15) is 12.6 Å². The second kappa shape index (κ2) is 24.4. The van der Waals surface area contributed by atoms with Crippen molar-refractivity contribution >= 4 is 100 Å². The van der Waals surface area contributed by atoms with Crippen molar-refractivity contribution in [1.82, 2.24) is 47.1 Å². The summed E-state index contributed by atoms with van der Waals surface area (Å²) in [4.78, 5) is 141. The molecule has 24 heteroatoms. The van der Waals surface area contributed by atoms with Crippen LogP contribution in [-0.4, -0.2) is 153 Å². The van der Waals surface area contributed by atoms with E-state index in [-0.39, 0.29) is 43.4 Å². The zero-order chi connectivity index (χ0) is 49.8. The standard InChI is InChI=1S/C44H62N10O12S2/c1-5-21(3)27-16-45-34(57)17-47-39(62)29-14-26-25-12-23(48-33(56)8-7-11-67)9-10-28(25)52-43(26)68-20-31(49-35(58)18-46-38(27)61)40(63)51-30(15-36(59)60)44(66)54-19-24(55)13-32(54)41(64)53-37(22(4)6-2)42(65)50-29/h9-10,12,21-22,24,27,29-32,37,52,55,67H,5-8,11,13-20H2,1-4H3,(H,45,57)(H,46,61)(H,47,62)(H,48,56)(H,49,58)(H,50,65)(H,51,63)(H,53,64)(H,59,60)/t21-,22?,24+,27-,29+,30-,31-,32-,37+/m0/s1. The van der Waals surface area contributed by atoms with Crippen molar-refractivity contribution in [3.05, 3.63) is 23.8 Å². The molecule has 9 amide bonds. The van der Waals surface area contributed by atoms with Gasteiger partial charge in [0.15, 0.2) is 0 Å². The molecule has 68 heavy (non-hydrogen) atoms. The minimum Gasteiger partial charge on any atom is -0.481 e. The first-order valence-electron chi connectivity index (χ1n) is 22.7. The van der Waals surface area contributed by atoms with Crippen molar-refractivity contribution in [1.29, 1.82) is 0 Å². The van der Waals surface area contributed by atoms with E-state index in [2.05, 4.69) is 60.1 Å². The topological polar surface area (TPSA) is 326 Å². The highest BCUT2D eigenvalue weighted by Gasteiger charge is 2.44. The zero-order valence-corrected chi connectivity index (χ0v) is 40.1. The molecule has 1 aromatic heterocycles. The van der Waals surface area contributed by atoms with E-state index in [4.69, 9.17) is 0 Å². The predicted molar refractivity (Wildman–Crippen MR) is 252 cm³/mol. The van der Waals surface area contributed by atoms with Crippen molar-refractivity contribution in [3.8, 4) is 0 Å². The molecule has 0 radical (unpaired) electrons. The highest BCUT2D eigenvalue weighted by Crippen LogP contribution is 2.34. The van der Waals surface area contributed by atoms with Gasteiger partial charge in [-0.15, -0.1) is 11.8 Å². The van der Waals surface area contributed by atoms with Gasteiger partial charge >= 0.3 is 5.97 Å². The van der Waals surface area contributed by atoms with E-state index >= 15 is 0 Å². The van der Waals surface area contributed by atoms with Gasteiger partial charge in [0.1, 0.15) is 30.2 Å². The van der Waals surface area contributed by atoms with Gasteiger partial charge in [0.05, 0.1) is 36.6 Å². The number of thioether (sulfide) groups is 1. The van der Waals surface area contributed by atoms with Crippen LogP contribution in [0.25, 0.3) is 10.9 Å². The van der Waals surface area contributed by atoms with E-state index in [9.17, 15) is 58.2 Å². The van der Waals surface area contributed by atoms with E-state index < -0.39 is 127 Å². The predicted octanol–water partition coefficient (Wildman–Crippen LogP) is -1.09. The van der Waals surface area contributed by atoms with Crippen LogP contribution in [0, 0.1) is 17.8 Å². The third-order valence-electron chi connectivity index (χ3n) is 12.5. The highest BCUT2D eigenvalue weighted by molar-refractivity contribution is 7.99. The lowest BCUT2D eigenvalue weighted by Gasteiger charge is -2.31. The van der Waals surface area contributed by atoms with Gasteiger partial charge in [0.2, 0.25) is 53.2 Å². The highest BCUT2D eigenvalue weighted by atomic mass is 32.2. The summed E-state index contributed by atoms with van der Waals surface area (Å²) in [7, 11) is 0. The van der Waals surface area contributed by atoms with Crippen molar-refractivity contribution in [2.75, 3.05) is 43.0 Å². The first-order chi connectivity index (χ1) is 32.3. The summed E-state index contributed by atoms with van der Waals surface area (Å²) in [5.74, 6) is -9.89. The number of aliphatic hydroxyl groups excluding tert-OH is 1. The Morgan fingerprint density at radius 2 is 1.56 bits per heavy atom. The van der Waals surface area contributed by atoms with Crippen LogP contribution in [0.4, 0.5) is 5.69 Å². The Balaban J connectivity index is 1.70. The van der Waals surface area contributed by atoms with Gasteiger partial charge in [-0.05, 0) is 47.8 Å². The molecule has 11 N–H and O–H groups in total. The average Bonchev–Trinajstić information content (AvgIpc) is 3.86. The Hall–Kier alpha value is -5.88. The minimum atomic E-state index is -1.80. The number of rotatable bonds is 10. The molecule has 22 nitrogen and oxygen atoms in total. The molecule has 2 aromatic rings. The van der Waals surface area contributed by atoms with Gasteiger partial charge in [-0.3, -0.25) is 47.9 Å². The molecule has 2 bridgehead atoms. The largest absolute Gasteiger partial charge is 0.481 e. The lowest BCUT2D eigenvalue weighted by molar-refractivity contribution is -0.146. The number of aliphatic carboxylic acids is 1. The molecule has 0 spiro atoms. The minimum absolute atomic E-state index is 0.171. The van der Waals surface area contributed by atoms with E-state index in [0.717, 1.165) is 16.7 Å². The first kappa shape index (κ1) is 53.1. The van der Waals surface area contributed by atoms with Crippen molar-refractivity contribution < 1.29 is 58.2 Å². The number of aliphatic hydroxyl groups is 1. The Kier molecular flexibility index (Phi) is 19.1. The van der Waals surface area contributed by atoms with Gasteiger partial charge in [0, 0.05) is 54.7 Å². The van der Waals surface area contributed by atoms with E-state index in [1.54, 1.807) is 39.0 Å². The molecule has 0 aliphatic carbocycles. The van der Waals surface area contributed by atoms with E-state index in [1.165, 1.54) is 0 Å². The number of carbonyl (C=O) groups is 10. The third-order valence-corrected chi connectivity index (χ3v) is 13.9. The summed E-state index contributed by atoms with van der Waals surface area (Å²) in [6, 6.07) is -2.56. The van der Waals surface area contributed by atoms with Crippen LogP contribution in [0.1, 0.15) is 71.8 Å². The maximum Gasteiger partial charge on any atom is 0.305 e. The van der Waals surface area contributed by atoms with Crippen LogP contribution in [0.2, 0.25) is 0 Å². The SMILES string of the molecule is CCC(C)[C@H]1NC(=O)[C@@H]2C[C@@H](O)CN2C(=O)[C@H](CC(=O)O)NC(=O)[C@@H]2CSc3[nH]c4ccc(NC(=O)CCCS)cc4c3C[C@@H](NC1=O)C(=O)NCC(=O)NC[C@@H]([C@@H](C)CC)C(=O)NCC(=O)N2. The van der Waals surface area contributed by atoms with Crippen molar-refractivity contribution in [3.63, 3.8) is 0 Å². The van der Waals surface area contributed by atoms with E-state index in [1.807, 2.05) is 6.92 Å². The fraction of sp³-hybridized carbons (Fsp3) is 0.591. The number of carboxylic acids is 1. The molecule has 1 fully saturated rings. The normalized spacial score (nSPS) is 26.0. The molecular formula is C44H62N10O12S2. The second-order valence-corrected chi connectivity index (χ2v) is 18.9. The molecule has 372 valence electrons. The smallest absolute Gasteiger partial charge is 0.305 e. The number of carboxylic acid groups (broad SMARTS) is 1. The molecule has 4 heterocycles. The summed E-state index contributed by atoms with van der Waals surface area (Å²) < 4.78 is 0. The van der Waals surface area contributed by atoms with E-state index in [0.29, 0.717) is 52.2 Å². The van der Waals surface area contributed by atoms with Gasteiger partial charge < -0.3 is 62.6 Å². The van der Waals surface area contributed by atoms with Crippen LogP contribution in [-0.2, 0) is 54.4 Å². The monoisotopic (exact) mass is 986 g/mol.